The number of halogens is 1. The van der Waals surface area contributed by atoms with E-state index in [1.54, 1.807) is 0 Å². The molecule has 0 atom stereocenters. The molecule has 0 aliphatic carbocycles. The highest BCUT2D eigenvalue weighted by atomic mass is 35.5. The van der Waals surface area contributed by atoms with E-state index in [0.29, 0.717) is 0 Å². The minimum absolute atomic E-state index is 1.10. The second-order valence-electron chi connectivity index (χ2n) is 2.16. The van der Waals surface area contributed by atoms with Crippen molar-refractivity contribution in [3.63, 3.8) is 0 Å². The highest BCUT2D eigenvalue weighted by molar-refractivity contribution is 6.27. The maximum Gasteiger partial charge on any atom is 0.00484 e. The molecule has 0 spiro atoms. The first-order valence-corrected chi connectivity index (χ1v) is 3.79. The quantitative estimate of drug-likeness (QED) is 0.627. The van der Waals surface area contributed by atoms with Gasteiger partial charge in [-0.3, -0.25) is 0 Å². The van der Waals surface area contributed by atoms with Crippen molar-refractivity contribution < 1.29 is 0 Å². The maximum atomic E-state index is 5.41. The Morgan fingerprint density at radius 1 is 1.09 bits per heavy atom. The zero-order valence-corrected chi connectivity index (χ0v) is 6.88. The topological polar surface area (TPSA) is 0 Å². The third-order valence-corrected chi connectivity index (χ3v) is 1.55. The fourth-order valence-corrected chi connectivity index (χ4v) is 0.961. The van der Waals surface area contributed by atoms with Crippen molar-refractivity contribution in [1.82, 2.24) is 0 Å². The molecule has 1 aromatic carbocycles. The number of rotatable bonds is 2. The Balaban J connectivity index is 2.91. The van der Waals surface area contributed by atoms with E-state index in [2.05, 4.69) is 6.58 Å². The summed E-state index contributed by atoms with van der Waals surface area (Å²) in [5.74, 6) is 0. The lowest BCUT2D eigenvalue weighted by Crippen LogP contribution is -1.72. The molecule has 0 saturated heterocycles. The first-order valence-electron chi connectivity index (χ1n) is 3.36. The van der Waals surface area contributed by atoms with Gasteiger partial charge in [0.15, 0.2) is 0 Å². The average Bonchev–Trinajstić information content (AvgIpc) is 2.07. The van der Waals surface area contributed by atoms with Crippen LogP contribution in [0.25, 0.3) is 12.2 Å². The lowest BCUT2D eigenvalue weighted by Gasteiger charge is -1.93. The molecule has 0 fully saturated rings. The predicted octanol–water partition coefficient (Wildman–Crippen LogP) is 3.54. The molecule has 0 bridgehead atoms. The summed E-state index contributed by atoms with van der Waals surface area (Å²) in [5, 5.41) is 0. The molecule has 0 N–H and O–H groups in total. The van der Waals surface area contributed by atoms with Gasteiger partial charge < -0.3 is 0 Å². The van der Waals surface area contributed by atoms with Crippen LogP contribution in [0.4, 0.5) is 0 Å². The van der Waals surface area contributed by atoms with Crippen molar-refractivity contribution in [2.45, 2.75) is 0 Å². The molecule has 0 aliphatic heterocycles. The molecule has 1 aromatic rings. The van der Waals surface area contributed by atoms with Gasteiger partial charge in [-0.25, -0.2) is 0 Å². The third-order valence-electron chi connectivity index (χ3n) is 1.43. The first kappa shape index (κ1) is 8.09. The van der Waals surface area contributed by atoms with Gasteiger partial charge in [0.1, 0.15) is 0 Å². The van der Waals surface area contributed by atoms with Gasteiger partial charge in [-0.05, 0) is 17.2 Å². The van der Waals surface area contributed by atoms with Crippen LogP contribution in [0.3, 0.4) is 0 Å². The maximum absolute atomic E-state index is 5.41. The van der Waals surface area contributed by atoms with Crippen LogP contribution in [0.5, 0.6) is 0 Å². The normalized spacial score (nSPS) is 10.3. The number of benzene rings is 1. The Kier molecular flexibility index (Phi) is 2.94. The Bertz CT molecular complexity index is 257. The van der Waals surface area contributed by atoms with Gasteiger partial charge in [-0.1, -0.05) is 48.5 Å². The van der Waals surface area contributed by atoms with Crippen molar-refractivity contribution in [3.05, 3.63) is 47.5 Å². The van der Waals surface area contributed by atoms with E-state index < -0.39 is 0 Å². The van der Waals surface area contributed by atoms with E-state index in [1.807, 2.05) is 36.4 Å². The zero-order valence-electron chi connectivity index (χ0n) is 6.13. The summed E-state index contributed by atoms with van der Waals surface area (Å²) in [6.45, 7) is 3.66. The molecule has 0 radical (unpaired) electrons. The van der Waals surface area contributed by atoms with Crippen molar-refractivity contribution in [2.75, 3.05) is 0 Å². The molecule has 0 aliphatic rings. The fourth-order valence-electron chi connectivity index (χ4n) is 0.816. The smallest absolute Gasteiger partial charge is 0.00484 e. The molecule has 11 heavy (non-hydrogen) atoms. The fraction of sp³-hybridized carbons (Fsp3) is 0. The van der Waals surface area contributed by atoms with Crippen LogP contribution in [-0.2, 0) is 0 Å². The van der Waals surface area contributed by atoms with Crippen LogP contribution in [0.1, 0.15) is 11.1 Å². The van der Waals surface area contributed by atoms with Crippen LogP contribution >= 0.6 is 11.6 Å². The van der Waals surface area contributed by atoms with Crippen LogP contribution < -0.4 is 0 Å². The molecule has 56 valence electrons. The van der Waals surface area contributed by atoms with E-state index in [1.165, 1.54) is 5.54 Å². The van der Waals surface area contributed by atoms with E-state index in [0.717, 1.165) is 11.1 Å². The Hall–Kier alpha value is -1.01. The Morgan fingerprint density at radius 3 is 2.09 bits per heavy atom. The van der Waals surface area contributed by atoms with Gasteiger partial charge in [0.05, 0.1) is 0 Å². The highest BCUT2D eigenvalue weighted by Crippen LogP contribution is 2.07. The second-order valence-corrected chi connectivity index (χ2v) is 2.42. The van der Waals surface area contributed by atoms with Crippen LogP contribution in [0, 0.1) is 0 Å². The minimum atomic E-state index is 1.10. The molecular weight excluding hydrogens is 156 g/mol. The second kappa shape index (κ2) is 3.99. The molecule has 0 aromatic heterocycles. The predicted molar refractivity (Wildman–Crippen MR) is 51.4 cm³/mol. The van der Waals surface area contributed by atoms with E-state index in [-0.39, 0.29) is 0 Å². The summed E-state index contributed by atoms with van der Waals surface area (Å²) in [7, 11) is 0. The molecule has 0 nitrogen and oxygen atoms in total. The third kappa shape index (κ3) is 2.24. The highest BCUT2D eigenvalue weighted by Gasteiger charge is 1.85. The molecule has 1 rings (SSSR count). The van der Waals surface area contributed by atoms with Crippen molar-refractivity contribution >= 4 is 23.8 Å². The lowest BCUT2D eigenvalue weighted by molar-refractivity contribution is 1.63. The Labute approximate surface area is 71.8 Å². The van der Waals surface area contributed by atoms with Gasteiger partial charge in [0.25, 0.3) is 0 Å². The molecule has 0 heterocycles. The first-order chi connectivity index (χ1) is 5.36. The van der Waals surface area contributed by atoms with E-state index in [4.69, 9.17) is 11.6 Å². The molecular formula is C10H9Cl. The largest absolute Gasteiger partial charge is 0.0985 e. The summed E-state index contributed by atoms with van der Waals surface area (Å²) < 4.78 is 0. The summed E-state index contributed by atoms with van der Waals surface area (Å²) in [5.41, 5.74) is 3.73. The lowest BCUT2D eigenvalue weighted by atomic mass is 10.1. The average molecular weight is 165 g/mol. The van der Waals surface area contributed by atoms with E-state index >= 15 is 0 Å². The molecule has 0 unspecified atom stereocenters. The van der Waals surface area contributed by atoms with Crippen molar-refractivity contribution in [1.29, 1.82) is 0 Å². The Morgan fingerprint density at radius 2 is 1.64 bits per heavy atom. The van der Waals surface area contributed by atoms with Gasteiger partial charge >= 0.3 is 0 Å². The van der Waals surface area contributed by atoms with Crippen molar-refractivity contribution in [3.8, 4) is 0 Å². The summed E-state index contributed by atoms with van der Waals surface area (Å²) in [4.78, 5) is 0. The summed E-state index contributed by atoms with van der Waals surface area (Å²) in [6.07, 6.45) is 3.66. The van der Waals surface area contributed by atoms with Gasteiger partial charge in [-0.15, -0.1) is 0 Å². The summed E-state index contributed by atoms with van der Waals surface area (Å²) >= 11 is 5.41. The van der Waals surface area contributed by atoms with Gasteiger partial charge in [0, 0.05) is 5.54 Å². The van der Waals surface area contributed by atoms with Crippen molar-refractivity contribution in [2.24, 2.45) is 0 Å². The molecule has 0 amide bonds. The van der Waals surface area contributed by atoms with Crippen LogP contribution in [-0.4, -0.2) is 0 Å². The number of hydrogen-bond donors (Lipinski definition) is 0. The zero-order chi connectivity index (χ0) is 8.10. The SMILES string of the molecule is C=Cc1ccc(C=CCl)cc1. The van der Waals surface area contributed by atoms with Gasteiger partial charge in [0.2, 0.25) is 0 Å². The monoisotopic (exact) mass is 164 g/mol. The summed E-state index contributed by atoms with van der Waals surface area (Å²) in [6, 6.07) is 7.99. The van der Waals surface area contributed by atoms with Crippen LogP contribution in [0.15, 0.2) is 36.4 Å². The van der Waals surface area contributed by atoms with Crippen LogP contribution in [0.2, 0.25) is 0 Å². The van der Waals surface area contributed by atoms with Gasteiger partial charge in [-0.2, -0.15) is 0 Å². The van der Waals surface area contributed by atoms with E-state index in [9.17, 15) is 0 Å². The molecule has 0 saturated carbocycles. The molecule has 1 heteroatoms. The standard InChI is InChI=1S/C10H9Cl/c1-2-9-3-5-10(6-4-9)7-8-11/h2-8H,1H2. The number of hydrogen-bond acceptors (Lipinski definition) is 0. The minimum Gasteiger partial charge on any atom is -0.0985 e.